The summed E-state index contributed by atoms with van der Waals surface area (Å²) < 4.78 is 5.58. The highest BCUT2D eigenvalue weighted by Gasteiger charge is 2.25. The number of nitrogens with one attached hydrogen (secondary N) is 1. The Labute approximate surface area is 86.2 Å². The lowest BCUT2D eigenvalue weighted by Gasteiger charge is -2.36. The highest BCUT2D eigenvalue weighted by atomic mass is 35.5. The lowest BCUT2D eigenvalue weighted by molar-refractivity contribution is 0.0581. The molecule has 0 bridgehead atoms. The Hall–Kier alpha value is 0.170. The van der Waals surface area contributed by atoms with E-state index in [9.17, 15) is 0 Å². The molecule has 2 saturated heterocycles. The fourth-order valence-electron chi connectivity index (χ4n) is 1.84. The van der Waals surface area contributed by atoms with Crippen LogP contribution in [0.1, 0.15) is 12.8 Å². The molecule has 0 aliphatic carbocycles. The normalized spacial score (nSPS) is 28.6. The zero-order valence-electron chi connectivity index (χ0n) is 8.16. The minimum Gasteiger partial charge on any atom is -0.377 e. The van der Waals surface area contributed by atoms with Crippen molar-refractivity contribution in [2.75, 3.05) is 33.3 Å². The van der Waals surface area contributed by atoms with Crippen LogP contribution < -0.4 is 5.32 Å². The van der Waals surface area contributed by atoms with Crippen molar-refractivity contribution in [3.8, 4) is 0 Å². The van der Waals surface area contributed by atoms with E-state index in [2.05, 4.69) is 17.3 Å². The van der Waals surface area contributed by atoms with Gasteiger partial charge in [-0.15, -0.1) is 12.4 Å². The van der Waals surface area contributed by atoms with Gasteiger partial charge in [0.1, 0.15) is 0 Å². The summed E-state index contributed by atoms with van der Waals surface area (Å²) in [5, 5.41) is 3.28. The minimum absolute atomic E-state index is 0. The maximum absolute atomic E-state index is 5.58. The molecule has 0 saturated carbocycles. The van der Waals surface area contributed by atoms with Gasteiger partial charge in [-0.3, -0.25) is 4.90 Å². The third-order valence-electron chi connectivity index (χ3n) is 2.90. The van der Waals surface area contributed by atoms with E-state index in [-0.39, 0.29) is 12.4 Å². The summed E-state index contributed by atoms with van der Waals surface area (Å²) >= 11 is 0. The average Bonchev–Trinajstić information content (AvgIpc) is 2.34. The van der Waals surface area contributed by atoms with E-state index in [1.165, 1.54) is 12.8 Å². The highest BCUT2D eigenvalue weighted by Crippen LogP contribution is 2.14. The number of ether oxygens (including phenoxy) is 1. The zero-order valence-corrected chi connectivity index (χ0v) is 8.98. The van der Waals surface area contributed by atoms with Gasteiger partial charge in [0, 0.05) is 32.3 Å². The standard InChI is InChI=1S/C9H18N2O.ClH/c1-11(8-5-10-6-8)7-9-3-2-4-12-9;/h8-10H,2-7H2,1H3;1H/t9-;/m1./s1. The molecule has 2 aliphatic rings. The lowest BCUT2D eigenvalue weighted by Crippen LogP contribution is -2.57. The first-order chi connectivity index (χ1) is 5.86. The molecule has 0 aromatic carbocycles. The number of nitrogens with zero attached hydrogens (tertiary/aromatic N) is 1. The van der Waals surface area contributed by atoms with Crippen molar-refractivity contribution in [2.45, 2.75) is 25.0 Å². The summed E-state index contributed by atoms with van der Waals surface area (Å²) in [7, 11) is 2.20. The molecule has 4 heteroatoms. The SMILES string of the molecule is CN(C[C@H]1CCCO1)C1CNC1.Cl. The van der Waals surface area contributed by atoms with E-state index in [1.807, 2.05) is 0 Å². The van der Waals surface area contributed by atoms with Crippen molar-refractivity contribution in [3.05, 3.63) is 0 Å². The van der Waals surface area contributed by atoms with Gasteiger partial charge in [-0.25, -0.2) is 0 Å². The Morgan fingerprint density at radius 2 is 2.23 bits per heavy atom. The minimum atomic E-state index is 0. The predicted octanol–water partition coefficient (Wildman–Crippen LogP) is 0.491. The number of rotatable bonds is 3. The topological polar surface area (TPSA) is 24.5 Å². The fraction of sp³-hybridized carbons (Fsp3) is 1.00. The molecule has 1 N–H and O–H groups in total. The van der Waals surface area contributed by atoms with Gasteiger partial charge in [0.25, 0.3) is 0 Å². The van der Waals surface area contributed by atoms with Crippen molar-refractivity contribution in [2.24, 2.45) is 0 Å². The van der Waals surface area contributed by atoms with Crippen molar-refractivity contribution in [3.63, 3.8) is 0 Å². The molecule has 1 atom stereocenters. The van der Waals surface area contributed by atoms with Crippen LogP contribution in [0.15, 0.2) is 0 Å². The van der Waals surface area contributed by atoms with Crippen molar-refractivity contribution in [1.82, 2.24) is 10.2 Å². The molecule has 13 heavy (non-hydrogen) atoms. The van der Waals surface area contributed by atoms with Crippen LogP contribution in [0.2, 0.25) is 0 Å². The lowest BCUT2D eigenvalue weighted by atomic mass is 10.1. The Morgan fingerprint density at radius 3 is 2.69 bits per heavy atom. The van der Waals surface area contributed by atoms with Gasteiger partial charge in [-0.05, 0) is 19.9 Å². The summed E-state index contributed by atoms with van der Waals surface area (Å²) in [5.74, 6) is 0. The summed E-state index contributed by atoms with van der Waals surface area (Å²) in [6.45, 7) is 4.40. The van der Waals surface area contributed by atoms with Crippen LogP contribution in [0, 0.1) is 0 Å². The van der Waals surface area contributed by atoms with Gasteiger partial charge in [0.15, 0.2) is 0 Å². The van der Waals surface area contributed by atoms with Crippen molar-refractivity contribution in [1.29, 1.82) is 0 Å². The molecule has 2 heterocycles. The molecule has 2 rings (SSSR count). The molecule has 3 nitrogen and oxygen atoms in total. The van der Waals surface area contributed by atoms with Crippen LogP contribution in [0.5, 0.6) is 0 Å². The molecule has 78 valence electrons. The molecule has 0 unspecified atom stereocenters. The summed E-state index contributed by atoms with van der Waals surface area (Å²) in [5.41, 5.74) is 0. The summed E-state index contributed by atoms with van der Waals surface area (Å²) in [4.78, 5) is 2.42. The molecular formula is C9H19ClN2O. The maximum Gasteiger partial charge on any atom is 0.0702 e. The quantitative estimate of drug-likeness (QED) is 0.728. The molecule has 2 aliphatic heterocycles. The third kappa shape index (κ3) is 2.81. The van der Waals surface area contributed by atoms with Crippen molar-refractivity contribution < 1.29 is 4.74 Å². The molecule has 0 aromatic rings. The molecule has 0 spiro atoms. The molecule has 2 fully saturated rings. The number of halogens is 1. The second kappa shape index (κ2) is 5.15. The number of likely N-dealkylation sites (N-methyl/N-ethyl adjacent to an activating group) is 1. The van der Waals surface area contributed by atoms with E-state index in [0.29, 0.717) is 6.10 Å². The van der Waals surface area contributed by atoms with Crippen LogP contribution in [0.3, 0.4) is 0 Å². The largest absolute Gasteiger partial charge is 0.377 e. The number of hydrogen-bond acceptors (Lipinski definition) is 3. The van der Waals surface area contributed by atoms with E-state index in [1.54, 1.807) is 0 Å². The van der Waals surface area contributed by atoms with Crippen LogP contribution in [-0.4, -0.2) is 50.3 Å². The summed E-state index contributed by atoms with van der Waals surface area (Å²) in [6.07, 6.45) is 3.02. The van der Waals surface area contributed by atoms with Gasteiger partial charge < -0.3 is 10.1 Å². The average molecular weight is 207 g/mol. The molecule has 0 aromatic heterocycles. The highest BCUT2D eigenvalue weighted by molar-refractivity contribution is 5.85. The predicted molar refractivity (Wildman–Crippen MR) is 55.5 cm³/mol. The van der Waals surface area contributed by atoms with E-state index in [0.717, 1.165) is 32.3 Å². The fourth-order valence-corrected chi connectivity index (χ4v) is 1.84. The van der Waals surface area contributed by atoms with Gasteiger partial charge in [-0.1, -0.05) is 0 Å². The van der Waals surface area contributed by atoms with Crippen LogP contribution in [-0.2, 0) is 4.74 Å². The smallest absolute Gasteiger partial charge is 0.0702 e. The first-order valence-corrected chi connectivity index (χ1v) is 4.89. The molecular weight excluding hydrogens is 188 g/mol. The summed E-state index contributed by atoms with van der Waals surface area (Å²) in [6, 6.07) is 0.759. The van der Waals surface area contributed by atoms with E-state index < -0.39 is 0 Å². The van der Waals surface area contributed by atoms with Crippen LogP contribution in [0.25, 0.3) is 0 Å². The zero-order chi connectivity index (χ0) is 8.39. The second-order valence-corrected chi connectivity index (χ2v) is 3.89. The Balaban J connectivity index is 0.000000845. The van der Waals surface area contributed by atoms with Gasteiger partial charge in [-0.2, -0.15) is 0 Å². The third-order valence-corrected chi connectivity index (χ3v) is 2.90. The Bertz CT molecular complexity index is 147. The Kier molecular flexibility index (Phi) is 4.46. The van der Waals surface area contributed by atoms with Crippen molar-refractivity contribution >= 4 is 12.4 Å². The van der Waals surface area contributed by atoms with Gasteiger partial charge >= 0.3 is 0 Å². The maximum atomic E-state index is 5.58. The van der Waals surface area contributed by atoms with Gasteiger partial charge in [0.2, 0.25) is 0 Å². The first kappa shape index (κ1) is 11.2. The Morgan fingerprint density at radius 1 is 1.46 bits per heavy atom. The molecule has 0 radical (unpaired) electrons. The monoisotopic (exact) mass is 206 g/mol. The second-order valence-electron chi connectivity index (χ2n) is 3.89. The van der Waals surface area contributed by atoms with Crippen LogP contribution in [0.4, 0.5) is 0 Å². The number of hydrogen-bond donors (Lipinski definition) is 1. The van der Waals surface area contributed by atoms with Gasteiger partial charge in [0.05, 0.1) is 6.10 Å². The molecule has 0 amide bonds. The van der Waals surface area contributed by atoms with E-state index >= 15 is 0 Å². The van der Waals surface area contributed by atoms with E-state index in [4.69, 9.17) is 4.74 Å². The first-order valence-electron chi connectivity index (χ1n) is 4.89. The van der Waals surface area contributed by atoms with Crippen LogP contribution >= 0.6 is 12.4 Å².